The van der Waals surface area contributed by atoms with Gasteiger partial charge in [0, 0.05) is 12.6 Å². The number of nitrogens with zero attached hydrogens (tertiary/aromatic N) is 1. The van der Waals surface area contributed by atoms with Crippen molar-refractivity contribution >= 4 is 0 Å². The van der Waals surface area contributed by atoms with Crippen molar-refractivity contribution in [3.05, 3.63) is 65.0 Å². The predicted molar refractivity (Wildman–Crippen MR) is 80.0 cm³/mol. The fourth-order valence-corrected chi connectivity index (χ4v) is 3.04. The van der Waals surface area contributed by atoms with Gasteiger partial charge in [0.15, 0.2) is 0 Å². The number of pyridine rings is 1. The highest BCUT2D eigenvalue weighted by molar-refractivity contribution is 5.41. The van der Waals surface area contributed by atoms with E-state index in [-0.39, 0.29) is 24.0 Å². The first kappa shape index (κ1) is 16.9. The summed E-state index contributed by atoms with van der Waals surface area (Å²) in [7, 11) is 0. The Labute approximate surface area is 136 Å². The minimum atomic E-state index is -4.41. The van der Waals surface area contributed by atoms with Gasteiger partial charge in [-0.25, -0.2) is 0 Å². The second-order valence-electron chi connectivity index (χ2n) is 6.07. The average Bonchev–Trinajstić information content (AvgIpc) is 3.35. The number of rotatable bonds is 4. The molecule has 2 unspecified atom stereocenters. The fraction of sp³-hybridized carbons (Fsp3) is 0.389. The van der Waals surface area contributed by atoms with Gasteiger partial charge in [-0.3, -0.25) is 4.98 Å². The number of halogens is 5. The molecule has 0 spiro atoms. The molecular formula is C18H16F5N. The summed E-state index contributed by atoms with van der Waals surface area (Å²) in [6.45, 7) is 1.38. The van der Waals surface area contributed by atoms with Gasteiger partial charge in [-0.15, -0.1) is 0 Å². The van der Waals surface area contributed by atoms with Crippen molar-refractivity contribution < 1.29 is 22.0 Å². The first-order valence-corrected chi connectivity index (χ1v) is 7.74. The molecule has 2 atom stereocenters. The third-order valence-corrected chi connectivity index (χ3v) is 4.46. The van der Waals surface area contributed by atoms with Crippen LogP contribution in [0.25, 0.3) is 0 Å². The molecule has 1 saturated carbocycles. The van der Waals surface area contributed by atoms with Crippen LogP contribution in [0, 0.1) is 0 Å². The van der Waals surface area contributed by atoms with Gasteiger partial charge in [0.25, 0.3) is 5.92 Å². The molecule has 1 heterocycles. The van der Waals surface area contributed by atoms with E-state index in [0.29, 0.717) is 17.5 Å². The molecule has 3 rings (SSSR count). The number of aromatic nitrogens is 1. The molecule has 1 aromatic heterocycles. The van der Waals surface area contributed by atoms with Crippen LogP contribution in [0.3, 0.4) is 0 Å². The maximum Gasteiger partial charge on any atom is 0.416 e. The Morgan fingerprint density at radius 1 is 1.04 bits per heavy atom. The highest BCUT2D eigenvalue weighted by Crippen LogP contribution is 2.56. The standard InChI is InChI=1S/C18H16F5N/c1-2-17(19,20)16-13(7-4-8-24-16)15-10-14(15)11-5-3-6-12(9-11)18(21,22)23/h3-9,14-15H,2,10H2,1H3. The van der Waals surface area contributed by atoms with Gasteiger partial charge in [-0.2, -0.15) is 22.0 Å². The van der Waals surface area contributed by atoms with E-state index in [1.807, 2.05) is 0 Å². The molecule has 0 N–H and O–H groups in total. The number of hydrogen-bond acceptors (Lipinski definition) is 1. The molecule has 1 aromatic carbocycles. The lowest BCUT2D eigenvalue weighted by Crippen LogP contribution is -2.16. The zero-order valence-corrected chi connectivity index (χ0v) is 12.9. The molecule has 24 heavy (non-hydrogen) atoms. The van der Waals surface area contributed by atoms with Gasteiger partial charge >= 0.3 is 6.18 Å². The van der Waals surface area contributed by atoms with E-state index < -0.39 is 17.7 Å². The van der Waals surface area contributed by atoms with E-state index in [4.69, 9.17) is 0 Å². The third-order valence-electron chi connectivity index (χ3n) is 4.46. The normalized spacial score (nSPS) is 20.9. The van der Waals surface area contributed by atoms with Crippen molar-refractivity contribution in [2.75, 3.05) is 0 Å². The highest BCUT2D eigenvalue weighted by atomic mass is 19.4. The highest BCUT2D eigenvalue weighted by Gasteiger charge is 2.45. The van der Waals surface area contributed by atoms with Gasteiger partial charge in [0.05, 0.1) is 5.56 Å². The molecule has 1 fully saturated rings. The second kappa shape index (κ2) is 5.83. The Morgan fingerprint density at radius 2 is 1.79 bits per heavy atom. The Balaban J connectivity index is 1.89. The topological polar surface area (TPSA) is 12.9 Å². The summed E-state index contributed by atoms with van der Waals surface area (Å²) in [4.78, 5) is 3.84. The summed E-state index contributed by atoms with van der Waals surface area (Å²) in [6, 6.07) is 8.29. The van der Waals surface area contributed by atoms with E-state index in [1.165, 1.54) is 19.2 Å². The number of alkyl halides is 5. The predicted octanol–water partition coefficient (Wildman–Crippen LogP) is 5.87. The van der Waals surface area contributed by atoms with E-state index in [0.717, 1.165) is 12.1 Å². The van der Waals surface area contributed by atoms with Crippen LogP contribution < -0.4 is 0 Å². The zero-order valence-electron chi connectivity index (χ0n) is 12.9. The molecule has 0 aliphatic heterocycles. The molecular weight excluding hydrogens is 325 g/mol. The summed E-state index contributed by atoms with van der Waals surface area (Å²) in [6.07, 6.45) is -2.89. The summed E-state index contributed by atoms with van der Waals surface area (Å²) in [5.41, 5.74) is -0.000807. The molecule has 128 valence electrons. The van der Waals surface area contributed by atoms with Crippen molar-refractivity contribution in [2.45, 2.75) is 43.7 Å². The molecule has 1 aliphatic rings. The largest absolute Gasteiger partial charge is 0.416 e. The van der Waals surface area contributed by atoms with Crippen LogP contribution in [-0.2, 0) is 12.1 Å². The van der Waals surface area contributed by atoms with Gasteiger partial charge < -0.3 is 0 Å². The van der Waals surface area contributed by atoms with E-state index >= 15 is 0 Å². The molecule has 0 radical (unpaired) electrons. The minimum absolute atomic E-state index is 0.178. The second-order valence-corrected chi connectivity index (χ2v) is 6.07. The smallest absolute Gasteiger partial charge is 0.255 e. The fourth-order valence-electron chi connectivity index (χ4n) is 3.04. The quantitative estimate of drug-likeness (QED) is 0.634. The Bertz CT molecular complexity index is 738. The third kappa shape index (κ3) is 3.14. The number of benzene rings is 1. The SMILES string of the molecule is CCC(F)(F)c1ncccc1C1CC1c1cccc(C(F)(F)F)c1. The summed E-state index contributed by atoms with van der Waals surface area (Å²) in [5, 5.41) is 0. The lowest BCUT2D eigenvalue weighted by molar-refractivity contribution is -0.137. The number of hydrogen-bond donors (Lipinski definition) is 0. The van der Waals surface area contributed by atoms with Crippen LogP contribution in [-0.4, -0.2) is 4.98 Å². The maximum absolute atomic E-state index is 14.1. The van der Waals surface area contributed by atoms with Gasteiger partial charge in [0.1, 0.15) is 5.69 Å². The van der Waals surface area contributed by atoms with Crippen molar-refractivity contribution in [3.8, 4) is 0 Å². The van der Waals surface area contributed by atoms with Crippen LogP contribution >= 0.6 is 0 Å². The maximum atomic E-state index is 14.1. The minimum Gasteiger partial charge on any atom is -0.255 e. The molecule has 0 saturated heterocycles. The molecule has 0 bridgehead atoms. The van der Waals surface area contributed by atoms with E-state index in [9.17, 15) is 22.0 Å². The Hall–Kier alpha value is -1.98. The van der Waals surface area contributed by atoms with Crippen LogP contribution in [0.4, 0.5) is 22.0 Å². The molecule has 0 amide bonds. The van der Waals surface area contributed by atoms with Crippen molar-refractivity contribution in [2.24, 2.45) is 0 Å². The van der Waals surface area contributed by atoms with Gasteiger partial charge in [-0.1, -0.05) is 31.2 Å². The van der Waals surface area contributed by atoms with E-state index in [2.05, 4.69) is 4.98 Å². The van der Waals surface area contributed by atoms with Gasteiger partial charge in [-0.05, 0) is 41.5 Å². The summed E-state index contributed by atoms with van der Waals surface area (Å²) in [5.74, 6) is -3.42. The average molecular weight is 341 g/mol. The zero-order chi connectivity index (χ0) is 17.5. The lowest BCUT2D eigenvalue weighted by Gasteiger charge is -2.17. The van der Waals surface area contributed by atoms with Crippen molar-refractivity contribution in [3.63, 3.8) is 0 Å². The first-order chi connectivity index (χ1) is 11.2. The Kier molecular flexibility index (Phi) is 4.10. The van der Waals surface area contributed by atoms with Crippen molar-refractivity contribution in [1.82, 2.24) is 4.98 Å². The van der Waals surface area contributed by atoms with Gasteiger partial charge in [0.2, 0.25) is 0 Å². The molecule has 2 aromatic rings. The van der Waals surface area contributed by atoms with Crippen LogP contribution in [0.2, 0.25) is 0 Å². The van der Waals surface area contributed by atoms with E-state index in [1.54, 1.807) is 18.2 Å². The first-order valence-electron chi connectivity index (χ1n) is 7.74. The molecule has 6 heteroatoms. The van der Waals surface area contributed by atoms with Crippen LogP contribution in [0.5, 0.6) is 0 Å². The Morgan fingerprint density at radius 3 is 2.46 bits per heavy atom. The van der Waals surface area contributed by atoms with Crippen LogP contribution in [0.15, 0.2) is 42.6 Å². The summed E-state index contributed by atoms with van der Waals surface area (Å²) < 4.78 is 66.6. The monoisotopic (exact) mass is 341 g/mol. The van der Waals surface area contributed by atoms with Crippen LogP contribution in [0.1, 0.15) is 54.0 Å². The lowest BCUT2D eigenvalue weighted by atomic mass is 9.98. The summed E-state index contributed by atoms with van der Waals surface area (Å²) >= 11 is 0. The van der Waals surface area contributed by atoms with Crippen molar-refractivity contribution in [1.29, 1.82) is 0 Å². The molecule has 1 aliphatic carbocycles. The molecule has 1 nitrogen and oxygen atoms in total.